The zero-order chi connectivity index (χ0) is 16.7. The van der Waals surface area contributed by atoms with Crippen molar-refractivity contribution in [1.29, 1.82) is 0 Å². The number of nitrogens with zero attached hydrogens (tertiary/aromatic N) is 2. The summed E-state index contributed by atoms with van der Waals surface area (Å²) < 4.78 is 18.6. The molecular weight excluding hydrogens is 444 g/mol. The second-order valence-corrected chi connectivity index (χ2v) is 6.32. The van der Waals surface area contributed by atoms with E-state index in [0.29, 0.717) is 6.54 Å². The Morgan fingerprint density at radius 3 is 2.75 bits per heavy atom. The number of hydrogen-bond donors (Lipinski definition) is 1. The minimum Gasteiger partial charge on any atom is -0.381 e. The van der Waals surface area contributed by atoms with E-state index in [-0.39, 0.29) is 29.0 Å². The van der Waals surface area contributed by atoms with E-state index >= 15 is 0 Å². The van der Waals surface area contributed by atoms with Gasteiger partial charge in [-0.1, -0.05) is 17.7 Å². The standard InChI is InChI=1S/C17H25ClFN3O.HI/c1-20-17(21-12-14-3-4-16(19)15(18)11-14)22(2)8-5-13-6-9-23-10-7-13;/h3-4,11,13H,5-10,12H2,1-2H3,(H,20,21);1H. The van der Waals surface area contributed by atoms with Crippen LogP contribution in [0, 0.1) is 11.7 Å². The molecule has 1 heterocycles. The molecule has 2 rings (SSSR count). The van der Waals surface area contributed by atoms with Crippen LogP contribution < -0.4 is 5.32 Å². The first-order chi connectivity index (χ1) is 11.1. The second-order valence-electron chi connectivity index (χ2n) is 5.92. The minimum absolute atomic E-state index is 0. The van der Waals surface area contributed by atoms with Crippen molar-refractivity contribution < 1.29 is 9.13 Å². The SMILES string of the molecule is CN=C(NCc1ccc(F)c(Cl)c1)N(C)CCC1CCOCC1.I. The first kappa shape index (κ1) is 21.4. The molecule has 0 aliphatic carbocycles. The molecule has 0 unspecified atom stereocenters. The van der Waals surface area contributed by atoms with E-state index in [1.807, 2.05) is 7.05 Å². The summed E-state index contributed by atoms with van der Waals surface area (Å²) in [5, 5.41) is 3.44. The highest BCUT2D eigenvalue weighted by Gasteiger charge is 2.15. The predicted octanol–water partition coefficient (Wildman–Crippen LogP) is 3.92. The molecule has 4 nitrogen and oxygen atoms in total. The van der Waals surface area contributed by atoms with Crippen molar-refractivity contribution in [1.82, 2.24) is 10.2 Å². The van der Waals surface area contributed by atoms with Crippen LogP contribution in [0.1, 0.15) is 24.8 Å². The topological polar surface area (TPSA) is 36.9 Å². The number of ether oxygens (including phenoxy) is 1. The van der Waals surface area contributed by atoms with Gasteiger partial charge in [-0.15, -0.1) is 24.0 Å². The van der Waals surface area contributed by atoms with Crippen LogP contribution in [0.2, 0.25) is 5.02 Å². The molecule has 1 saturated heterocycles. The van der Waals surface area contributed by atoms with Crippen LogP contribution in [-0.4, -0.2) is 44.7 Å². The van der Waals surface area contributed by atoms with Gasteiger partial charge in [0.15, 0.2) is 5.96 Å². The van der Waals surface area contributed by atoms with Crippen molar-refractivity contribution in [2.45, 2.75) is 25.8 Å². The summed E-state index contributed by atoms with van der Waals surface area (Å²) in [6.45, 7) is 3.28. The lowest BCUT2D eigenvalue weighted by atomic mass is 9.96. The van der Waals surface area contributed by atoms with Crippen molar-refractivity contribution in [3.63, 3.8) is 0 Å². The summed E-state index contributed by atoms with van der Waals surface area (Å²) in [5.74, 6) is 1.17. The smallest absolute Gasteiger partial charge is 0.193 e. The Morgan fingerprint density at radius 2 is 2.12 bits per heavy atom. The van der Waals surface area contributed by atoms with Crippen LogP contribution in [0.3, 0.4) is 0 Å². The van der Waals surface area contributed by atoms with Crippen molar-refractivity contribution in [2.75, 3.05) is 33.9 Å². The van der Waals surface area contributed by atoms with Crippen LogP contribution in [0.5, 0.6) is 0 Å². The van der Waals surface area contributed by atoms with Crippen molar-refractivity contribution in [2.24, 2.45) is 10.9 Å². The lowest BCUT2D eigenvalue weighted by Crippen LogP contribution is -2.39. The van der Waals surface area contributed by atoms with E-state index in [2.05, 4.69) is 15.2 Å². The predicted molar refractivity (Wildman–Crippen MR) is 108 cm³/mol. The Bertz CT molecular complexity index is 539. The Labute approximate surface area is 165 Å². The summed E-state index contributed by atoms with van der Waals surface area (Å²) in [5.41, 5.74) is 0.926. The summed E-state index contributed by atoms with van der Waals surface area (Å²) in [4.78, 5) is 6.43. The van der Waals surface area contributed by atoms with Gasteiger partial charge in [-0.3, -0.25) is 4.99 Å². The molecule has 1 aromatic rings. The van der Waals surface area contributed by atoms with Crippen LogP contribution in [0.4, 0.5) is 4.39 Å². The fourth-order valence-electron chi connectivity index (χ4n) is 2.73. The van der Waals surface area contributed by atoms with Gasteiger partial charge in [0.2, 0.25) is 0 Å². The normalized spacial score (nSPS) is 15.8. The Morgan fingerprint density at radius 1 is 1.42 bits per heavy atom. The molecule has 24 heavy (non-hydrogen) atoms. The quantitative estimate of drug-likeness (QED) is 0.403. The molecule has 1 aromatic carbocycles. The molecule has 1 aliphatic heterocycles. The average Bonchev–Trinajstić information content (AvgIpc) is 2.57. The summed E-state index contributed by atoms with van der Waals surface area (Å²) in [7, 11) is 3.80. The minimum atomic E-state index is -0.395. The van der Waals surface area contributed by atoms with Gasteiger partial charge in [-0.05, 0) is 42.9 Å². The zero-order valence-electron chi connectivity index (χ0n) is 14.2. The number of rotatable bonds is 5. The number of guanidine groups is 1. The fourth-order valence-corrected chi connectivity index (χ4v) is 2.94. The zero-order valence-corrected chi connectivity index (χ0v) is 17.3. The van der Waals surface area contributed by atoms with Crippen LogP contribution in [-0.2, 0) is 11.3 Å². The molecule has 136 valence electrons. The first-order valence-corrected chi connectivity index (χ1v) is 8.41. The second kappa shape index (κ2) is 11.1. The molecule has 0 radical (unpaired) electrons. The molecule has 7 heteroatoms. The molecule has 1 fully saturated rings. The van der Waals surface area contributed by atoms with Gasteiger partial charge in [0, 0.05) is 40.4 Å². The van der Waals surface area contributed by atoms with Gasteiger partial charge in [-0.2, -0.15) is 0 Å². The van der Waals surface area contributed by atoms with Gasteiger partial charge in [-0.25, -0.2) is 4.39 Å². The molecule has 0 bridgehead atoms. The van der Waals surface area contributed by atoms with Crippen molar-refractivity contribution >= 4 is 41.5 Å². The van der Waals surface area contributed by atoms with Crippen molar-refractivity contribution in [3.05, 3.63) is 34.6 Å². The Balaban J connectivity index is 0.00000288. The van der Waals surface area contributed by atoms with E-state index in [4.69, 9.17) is 16.3 Å². The molecule has 1 aliphatic rings. The van der Waals surface area contributed by atoms with Crippen LogP contribution in [0.25, 0.3) is 0 Å². The highest BCUT2D eigenvalue weighted by atomic mass is 127. The van der Waals surface area contributed by atoms with E-state index in [9.17, 15) is 4.39 Å². The largest absolute Gasteiger partial charge is 0.381 e. The highest BCUT2D eigenvalue weighted by molar-refractivity contribution is 14.0. The van der Waals surface area contributed by atoms with Gasteiger partial charge in [0.25, 0.3) is 0 Å². The third-order valence-corrected chi connectivity index (χ3v) is 4.51. The van der Waals surface area contributed by atoms with Gasteiger partial charge >= 0.3 is 0 Å². The number of halogens is 3. The highest BCUT2D eigenvalue weighted by Crippen LogP contribution is 2.18. The molecule has 0 amide bonds. The van der Waals surface area contributed by atoms with E-state index in [1.54, 1.807) is 19.2 Å². The van der Waals surface area contributed by atoms with Gasteiger partial charge < -0.3 is 15.0 Å². The average molecular weight is 470 g/mol. The lowest BCUT2D eigenvalue weighted by molar-refractivity contribution is 0.0625. The summed E-state index contributed by atoms with van der Waals surface area (Å²) in [6, 6.07) is 4.75. The van der Waals surface area contributed by atoms with Crippen LogP contribution in [0.15, 0.2) is 23.2 Å². The number of hydrogen-bond acceptors (Lipinski definition) is 2. The van der Waals surface area contributed by atoms with E-state index < -0.39 is 5.82 Å². The Kier molecular flexibility index (Phi) is 9.92. The monoisotopic (exact) mass is 469 g/mol. The molecule has 0 spiro atoms. The summed E-state index contributed by atoms with van der Waals surface area (Å²) >= 11 is 5.81. The van der Waals surface area contributed by atoms with E-state index in [1.165, 1.54) is 6.07 Å². The lowest BCUT2D eigenvalue weighted by Gasteiger charge is -2.26. The Hall–Kier alpha value is -0.600. The molecule has 1 N–H and O–H groups in total. The third-order valence-electron chi connectivity index (χ3n) is 4.22. The molecule has 0 aromatic heterocycles. The third kappa shape index (κ3) is 6.72. The first-order valence-electron chi connectivity index (χ1n) is 8.03. The number of benzene rings is 1. The van der Waals surface area contributed by atoms with Crippen molar-refractivity contribution in [3.8, 4) is 0 Å². The summed E-state index contributed by atoms with van der Waals surface area (Å²) in [6.07, 6.45) is 3.44. The number of nitrogens with one attached hydrogen (secondary N) is 1. The molecular formula is C17H26ClFIN3O. The van der Waals surface area contributed by atoms with Gasteiger partial charge in [0.1, 0.15) is 5.82 Å². The maximum Gasteiger partial charge on any atom is 0.193 e. The maximum absolute atomic E-state index is 13.2. The molecule has 0 saturated carbocycles. The molecule has 0 atom stereocenters. The van der Waals surface area contributed by atoms with Crippen LogP contribution >= 0.6 is 35.6 Å². The fraction of sp³-hybridized carbons (Fsp3) is 0.588. The van der Waals surface area contributed by atoms with Gasteiger partial charge in [0.05, 0.1) is 5.02 Å². The van der Waals surface area contributed by atoms with E-state index in [0.717, 1.165) is 56.5 Å². The number of aliphatic imine (C=N–C) groups is 1. The maximum atomic E-state index is 13.2.